The Balaban J connectivity index is 2.47. The molecule has 1 heterocycles. The summed E-state index contributed by atoms with van der Waals surface area (Å²) in [5.41, 5.74) is 0. The Bertz CT molecular complexity index is 453. The van der Waals surface area contributed by atoms with E-state index in [-0.39, 0.29) is 5.91 Å². The molecule has 0 aliphatic rings. The highest BCUT2D eigenvalue weighted by Crippen LogP contribution is 2.10. The number of nitrogens with one attached hydrogen (secondary N) is 3. The van der Waals surface area contributed by atoms with Crippen LogP contribution in [0, 0.1) is 0 Å². The number of hydrogen-bond donors (Lipinski definition) is 3. The molecule has 9 heteroatoms. The number of anilines is 3. The van der Waals surface area contributed by atoms with Crippen LogP contribution in [0.4, 0.5) is 17.8 Å². The third-order valence-electron chi connectivity index (χ3n) is 2.51. The molecular formula is C12H23N7O2. The molecule has 1 amide bonds. The maximum atomic E-state index is 11.5. The van der Waals surface area contributed by atoms with Crippen molar-refractivity contribution >= 4 is 23.8 Å². The van der Waals surface area contributed by atoms with E-state index < -0.39 is 0 Å². The molecule has 1 aromatic heterocycles. The summed E-state index contributed by atoms with van der Waals surface area (Å²) in [6.07, 6.45) is 0.335. The third kappa shape index (κ3) is 6.21. The van der Waals surface area contributed by atoms with Gasteiger partial charge in [-0.05, 0) is 0 Å². The highest BCUT2D eigenvalue weighted by Gasteiger charge is 2.07. The zero-order valence-electron chi connectivity index (χ0n) is 12.9. The first-order valence-electron chi connectivity index (χ1n) is 6.67. The average molecular weight is 297 g/mol. The molecule has 0 radical (unpaired) electrons. The summed E-state index contributed by atoms with van der Waals surface area (Å²) in [6.45, 7) is 1.46. The minimum Gasteiger partial charge on any atom is -0.383 e. The number of hydrogen-bond acceptors (Lipinski definition) is 8. The van der Waals surface area contributed by atoms with Crippen molar-refractivity contribution in [2.45, 2.75) is 6.42 Å². The van der Waals surface area contributed by atoms with Gasteiger partial charge in [0.1, 0.15) is 0 Å². The number of carbonyl (C=O) groups excluding carboxylic acids is 1. The van der Waals surface area contributed by atoms with Crippen LogP contribution in [-0.4, -0.2) is 68.8 Å². The first kappa shape index (κ1) is 16.9. The monoisotopic (exact) mass is 297 g/mol. The number of rotatable bonds is 9. The molecule has 0 unspecified atom stereocenters. The number of nitrogens with zero attached hydrogens (tertiary/aromatic N) is 4. The largest absolute Gasteiger partial charge is 0.383 e. The molecule has 1 rings (SSSR count). The van der Waals surface area contributed by atoms with Crippen molar-refractivity contribution in [2.75, 3.05) is 63.5 Å². The molecule has 0 atom stereocenters. The number of carbonyl (C=O) groups is 1. The lowest BCUT2D eigenvalue weighted by molar-refractivity contribution is -0.121. The summed E-state index contributed by atoms with van der Waals surface area (Å²) in [5, 5.41) is 8.63. The summed E-state index contributed by atoms with van der Waals surface area (Å²) < 4.78 is 4.86. The van der Waals surface area contributed by atoms with Crippen molar-refractivity contribution in [3.8, 4) is 0 Å². The van der Waals surface area contributed by atoms with Crippen molar-refractivity contribution in [3.63, 3.8) is 0 Å². The molecule has 0 fully saturated rings. The second kappa shape index (κ2) is 8.90. The molecule has 0 aromatic carbocycles. The van der Waals surface area contributed by atoms with Gasteiger partial charge in [0, 0.05) is 47.8 Å². The molecule has 0 saturated carbocycles. The molecule has 0 saturated heterocycles. The predicted octanol–water partition coefficient (Wildman–Crippen LogP) is -0.456. The predicted molar refractivity (Wildman–Crippen MR) is 81.7 cm³/mol. The Hall–Kier alpha value is -2.16. The van der Waals surface area contributed by atoms with E-state index in [1.54, 1.807) is 19.1 Å². The highest BCUT2D eigenvalue weighted by molar-refractivity contribution is 5.76. The Morgan fingerprint density at radius 1 is 1.19 bits per heavy atom. The van der Waals surface area contributed by atoms with Gasteiger partial charge in [0.25, 0.3) is 0 Å². The fourth-order valence-corrected chi connectivity index (χ4v) is 1.42. The van der Waals surface area contributed by atoms with Crippen LogP contribution >= 0.6 is 0 Å². The Morgan fingerprint density at radius 3 is 2.52 bits per heavy atom. The van der Waals surface area contributed by atoms with Gasteiger partial charge in [-0.15, -0.1) is 0 Å². The zero-order valence-corrected chi connectivity index (χ0v) is 12.9. The minimum atomic E-state index is -0.0460. The van der Waals surface area contributed by atoms with Crippen LogP contribution < -0.4 is 20.9 Å². The van der Waals surface area contributed by atoms with Crippen LogP contribution in [0.5, 0.6) is 0 Å². The summed E-state index contributed by atoms with van der Waals surface area (Å²) in [7, 11) is 7.03. The number of methoxy groups -OCH3 is 1. The molecule has 0 bridgehead atoms. The molecule has 118 valence electrons. The number of amides is 1. The van der Waals surface area contributed by atoms with E-state index in [0.29, 0.717) is 44.0 Å². The standard InChI is InChI=1S/C12H23N7O2/c1-13-10-16-11(18-12(17-10)19(2)3)15-6-5-9(20)14-7-8-21-4/h5-8H2,1-4H3,(H,14,20)(H2,13,15,16,17,18). The smallest absolute Gasteiger partial charge is 0.231 e. The highest BCUT2D eigenvalue weighted by atomic mass is 16.5. The van der Waals surface area contributed by atoms with Gasteiger partial charge >= 0.3 is 0 Å². The van der Waals surface area contributed by atoms with Crippen LogP contribution in [0.2, 0.25) is 0 Å². The molecule has 1 aromatic rings. The molecule has 9 nitrogen and oxygen atoms in total. The van der Waals surface area contributed by atoms with Crippen molar-refractivity contribution in [1.82, 2.24) is 20.3 Å². The topological polar surface area (TPSA) is 104 Å². The van der Waals surface area contributed by atoms with Gasteiger partial charge in [0.05, 0.1) is 6.61 Å². The molecule has 0 spiro atoms. The summed E-state index contributed by atoms with van der Waals surface area (Å²) >= 11 is 0. The van der Waals surface area contributed by atoms with Crippen molar-refractivity contribution in [1.29, 1.82) is 0 Å². The van der Waals surface area contributed by atoms with E-state index >= 15 is 0 Å². The minimum absolute atomic E-state index is 0.0460. The fourth-order valence-electron chi connectivity index (χ4n) is 1.42. The zero-order chi connectivity index (χ0) is 15.7. The van der Waals surface area contributed by atoms with Gasteiger partial charge < -0.3 is 25.6 Å². The first-order valence-corrected chi connectivity index (χ1v) is 6.67. The quantitative estimate of drug-likeness (QED) is 0.526. The summed E-state index contributed by atoms with van der Waals surface area (Å²) in [6, 6.07) is 0. The Kier molecular flexibility index (Phi) is 7.16. The van der Waals surface area contributed by atoms with Gasteiger partial charge in [-0.1, -0.05) is 0 Å². The van der Waals surface area contributed by atoms with Crippen molar-refractivity contribution < 1.29 is 9.53 Å². The van der Waals surface area contributed by atoms with E-state index in [0.717, 1.165) is 0 Å². The third-order valence-corrected chi connectivity index (χ3v) is 2.51. The lowest BCUT2D eigenvalue weighted by atomic mass is 10.4. The molecule has 0 aliphatic heterocycles. The van der Waals surface area contributed by atoms with Crippen LogP contribution in [0.25, 0.3) is 0 Å². The average Bonchev–Trinajstić information content (AvgIpc) is 2.47. The van der Waals surface area contributed by atoms with Crippen molar-refractivity contribution in [2.24, 2.45) is 0 Å². The van der Waals surface area contributed by atoms with Gasteiger partial charge in [0.2, 0.25) is 23.8 Å². The summed E-state index contributed by atoms with van der Waals surface area (Å²) in [5.74, 6) is 1.40. The van der Waals surface area contributed by atoms with Crippen LogP contribution in [0.1, 0.15) is 6.42 Å². The van der Waals surface area contributed by atoms with E-state index in [4.69, 9.17) is 4.74 Å². The van der Waals surface area contributed by atoms with E-state index in [9.17, 15) is 4.79 Å². The molecule has 3 N–H and O–H groups in total. The van der Waals surface area contributed by atoms with Crippen LogP contribution in [0.15, 0.2) is 0 Å². The Morgan fingerprint density at radius 2 is 1.90 bits per heavy atom. The SMILES string of the molecule is CNc1nc(NCCC(=O)NCCOC)nc(N(C)C)n1. The second-order valence-corrected chi connectivity index (χ2v) is 4.45. The van der Waals surface area contributed by atoms with Crippen molar-refractivity contribution in [3.05, 3.63) is 0 Å². The van der Waals surface area contributed by atoms with Crippen LogP contribution in [-0.2, 0) is 9.53 Å². The normalized spacial score (nSPS) is 10.1. The number of aromatic nitrogens is 3. The fraction of sp³-hybridized carbons (Fsp3) is 0.667. The van der Waals surface area contributed by atoms with Crippen LogP contribution in [0.3, 0.4) is 0 Å². The molecular weight excluding hydrogens is 274 g/mol. The van der Waals surface area contributed by atoms with Gasteiger partial charge in [-0.2, -0.15) is 15.0 Å². The summed E-state index contributed by atoms with van der Waals surface area (Å²) in [4.78, 5) is 26.0. The van der Waals surface area contributed by atoms with Gasteiger partial charge in [-0.3, -0.25) is 4.79 Å². The molecule has 21 heavy (non-hydrogen) atoms. The van der Waals surface area contributed by atoms with Gasteiger partial charge in [-0.25, -0.2) is 0 Å². The van der Waals surface area contributed by atoms with E-state index in [1.165, 1.54) is 0 Å². The van der Waals surface area contributed by atoms with Gasteiger partial charge in [0.15, 0.2) is 0 Å². The lowest BCUT2D eigenvalue weighted by Crippen LogP contribution is -2.28. The second-order valence-electron chi connectivity index (χ2n) is 4.45. The van der Waals surface area contributed by atoms with E-state index in [1.807, 2.05) is 14.1 Å². The van der Waals surface area contributed by atoms with E-state index in [2.05, 4.69) is 30.9 Å². The maximum absolute atomic E-state index is 11.5. The maximum Gasteiger partial charge on any atom is 0.231 e. The molecule has 0 aliphatic carbocycles. The lowest BCUT2D eigenvalue weighted by Gasteiger charge is -2.13. The Labute approximate surface area is 124 Å². The first-order chi connectivity index (χ1) is 10.1. The number of ether oxygens (including phenoxy) is 1.